The summed E-state index contributed by atoms with van der Waals surface area (Å²) < 4.78 is 0. The summed E-state index contributed by atoms with van der Waals surface area (Å²) >= 11 is 6.29. The van der Waals surface area contributed by atoms with Crippen LogP contribution in [0.1, 0.15) is 26.7 Å². The van der Waals surface area contributed by atoms with E-state index >= 15 is 0 Å². The van der Waals surface area contributed by atoms with Crippen LogP contribution in [0.4, 0.5) is 5.69 Å². The van der Waals surface area contributed by atoms with Crippen LogP contribution in [0.3, 0.4) is 0 Å². The molecule has 1 aromatic rings. The fraction of sp³-hybridized carbons (Fsp3) is 0.625. The topological polar surface area (TPSA) is 32.5 Å². The molecule has 1 heterocycles. The summed E-state index contributed by atoms with van der Waals surface area (Å²) in [4.78, 5) is 4.92. The van der Waals surface area contributed by atoms with E-state index in [1.807, 2.05) is 12.1 Å². The molecule has 112 valence electrons. The Kier molecular flexibility index (Phi) is 5.30. The summed E-state index contributed by atoms with van der Waals surface area (Å²) in [5.74, 6) is 0. The van der Waals surface area contributed by atoms with E-state index in [0.717, 1.165) is 49.9 Å². The minimum absolute atomic E-state index is 0.140. The predicted molar refractivity (Wildman–Crippen MR) is 87.6 cm³/mol. The van der Waals surface area contributed by atoms with Crippen LogP contribution in [-0.2, 0) is 0 Å². The maximum absolute atomic E-state index is 6.29. The van der Waals surface area contributed by atoms with Gasteiger partial charge in [0.25, 0.3) is 0 Å². The highest BCUT2D eigenvalue weighted by Gasteiger charge is 2.32. The zero-order chi connectivity index (χ0) is 14.6. The standard InChI is InChI=1S/C16H26ClN3/c1-3-8-16(2,13-18)20-11-9-19(10-12-20)15-7-5-4-6-14(15)17/h4-7H,3,8-13,18H2,1-2H3. The number of benzene rings is 1. The first-order chi connectivity index (χ1) is 9.60. The highest BCUT2D eigenvalue weighted by molar-refractivity contribution is 6.33. The van der Waals surface area contributed by atoms with Gasteiger partial charge in [0, 0.05) is 38.3 Å². The number of piperazine rings is 1. The second kappa shape index (κ2) is 6.79. The molecule has 0 aliphatic carbocycles. The largest absolute Gasteiger partial charge is 0.368 e. The molecular formula is C16H26ClN3. The lowest BCUT2D eigenvalue weighted by Crippen LogP contribution is -2.58. The zero-order valence-corrected chi connectivity index (χ0v) is 13.4. The van der Waals surface area contributed by atoms with E-state index < -0.39 is 0 Å². The predicted octanol–water partition coefficient (Wildman–Crippen LogP) is 2.98. The van der Waals surface area contributed by atoms with Crippen LogP contribution < -0.4 is 10.6 Å². The molecule has 1 saturated heterocycles. The monoisotopic (exact) mass is 295 g/mol. The fourth-order valence-electron chi connectivity index (χ4n) is 3.12. The molecule has 0 bridgehead atoms. The van der Waals surface area contributed by atoms with Crippen molar-refractivity contribution in [2.75, 3.05) is 37.6 Å². The SMILES string of the molecule is CCCC(C)(CN)N1CCN(c2ccccc2Cl)CC1. The first-order valence-corrected chi connectivity index (χ1v) is 7.93. The highest BCUT2D eigenvalue weighted by atomic mass is 35.5. The van der Waals surface area contributed by atoms with Gasteiger partial charge in [0.2, 0.25) is 0 Å². The van der Waals surface area contributed by atoms with Crippen molar-refractivity contribution in [1.82, 2.24) is 4.90 Å². The van der Waals surface area contributed by atoms with Crippen molar-refractivity contribution < 1.29 is 0 Å². The van der Waals surface area contributed by atoms with Crippen molar-refractivity contribution in [3.8, 4) is 0 Å². The molecule has 1 unspecified atom stereocenters. The molecule has 0 aromatic heterocycles. The Hall–Kier alpha value is -0.770. The van der Waals surface area contributed by atoms with Gasteiger partial charge >= 0.3 is 0 Å². The fourth-order valence-corrected chi connectivity index (χ4v) is 3.38. The molecular weight excluding hydrogens is 270 g/mol. The Morgan fingerprint density at radius 2 is 1.85 bits per heavy atom. The maximum atomic E-state index is 6.29. The molecule has 1 aliphatic rings. The molecule has 0 amide bonds. The van der Waals surface area contributed by atoms with Gasteiger partial charge in [0.1, 0.15) is 0 Å². The Bertz CT molecular complexity index is 429. The number of nitrogens with two attached hydrogens (primary N) is 1. The van der Waals surface area contributed by atoms with E-state index in [4.69, 9.17) is 17.3 Å². The summed E-state index contributed by atoms with van der Waals surface area (Å²) in [6.45, 7) is 9.40. The lowest BCUT2D eigenvalue weighted by atomic mass is 9.93. The van der Waals surface area contributed by atoms with Gasteiger partial charge in [0.15, 0.2) is 0 Å². The first kappa shape index (κ1) is 15.6. The van der Waals surface area contributed by atoms with Crippen molar-refractivity contribution >= 4 is 17.3 Å². The van der Waals surface area contributed by atoms with Crippen LogP contribution in [-0.4, -0.2) is 43.2 Å². The van der Waals surface area contributed by atoms with Gasteiger partial charge in [-0.3, -0.25) is 4.90 Å². The van der Waals surface area contributed by atoms with E-state index in [0.29, 0.717) is 0 Å². The number of anilines is 1. The molecule has 2 rings (SSSR count). The van der Waals surface area contributed by atoms with E-state index in [1.54, 1.807) is 0 Å². The number of para-hydroxylation sites is 1. The average Bonchev–Trinajstić information content (AvgIpc) is 2.48. The van der Waals surface area contributed by atoms with Crippen LogP contribution in [0.25, 0.3) is 0 Å². The smallest absolute Gasteiger partial charge is 0.0639 e. The molecule has 1 aromatic carbocycles. The van der Waals surface area contributed by atoms with Gasteiger partial charge in [-0.25, -0.2) is 0 Å². The summed E-state index contributed by atoms with van der Waals surface area (Å²) in [6, 6.07) is 8.10. The number of halogens is 1. The molecule has 2 N–H and O–H groups in total. The summed E-state index contributed by atoms with van der Waals surface area (Å²) in [5, 5.41) is 0.844. The van der Waals surface area contributed by atoms with E-state index in [9.17, 15) is 0 Å². The van der Waals surface area contributed by atoms with Gasteiger partial charge in [0.05, 0.1) is 10.7 Å². The third-order valence-electron chi connectivity index (χ3n) is 4.46. The zero-order valence-electron chi connectivity index (χ0n) is 12.6. The Balaban J connectivity index is 2.00. The van der Waals surface area contributed by atoms with Gasteiger partial charge in [-0.15, -0.1) is 0 Å². The average molecular weight is 296 g/mol. The normalized spacial score (nSPS) is 19.9. The molecule has 0 saturated carbocycles. The van der Waals surface area contributed by atoms with Crippen LogP contribution in [0.5, 0.6) is 0 Å². The van der Waals surface area contributed by atoms with Crippen molar-refractivity contribution in [2.45, 2.75) is 32.2 Å². The third-order valence-corrected chi connectivity index (χ3v) is 4.78. The molecule has 1 fully saturated rings. The van der Waals surface area contributed by atoms with Crippen molar-refractivity contribution in [1.29, 1.82) is 0 Å². The third kappa shape index (κ3) is 3.27. The minimum Gasteiger partial charge on any atom is -0.368 e. The Morgan fingerprint density at radius 1 is 1.20 bits per heavy atom. The summed E-state index contributed by atoms with van der Waals surface area (Å²) in [5.41, 5.74) is 7.31. The number of hydrogen-bond acceptors (Lipinski definition) is 3. The molecule has 4 heteroatoms. The van der Waals surface area contributed by atoms with Crippen LogP contribution in [0, 0.1) is 0 Å². The van der Waals surface area contributed by atoms with Crippen LogP contribution in [0.2, 0.25) is 5.02 Å². The van der Waals surface area contributed by atoms with Crippen molar-refractivity contribution in [3.05, 3.63) is 29.3 Å². The molecule has 1 atom stereocenters. The summed E-state index contributed by atoms with van der Waals surface area (Å²) in [7, 11) is 0. The molecule has 20 heavy (non-hydrogen) atoms. The van der Waals surface area contributed by atoms with Gasteiger partial charge < -0.3 is 10.6 Å². The van der Waals surface area contributed by atoms with E-state index in [2.05, 4.69) is 35.8 Å². The molecule has 1 aliphatic heterocycles. The number of nitrogens with zero attached hydrogens (tertiary/aromatic N) is 2. The number of rotatable bonds is 5. The van der Waals surface area contributed by atoms with Gasteiger partial charge in [-0.2, -0.15) is 0 Å². The van der Waals surface area contributed by atoms with Crippen molar-refractivity contribution in [2.24, 2.45) is 5.73 Å². The van der Waals surface area contributed by atoms with Crippen molar-refractivity contribution in [3.63, 3.8) is 0 Å². The van der Waals surface area contributed by atoms with E-state index in [-0.39, 0.29) is 5.54 Å². The Morgan fingerprint density at radius 3 is 2.40 bits per heavy atom. The van der Waals surface area contributed by atoms with E-state index in [1.165, 1.54) is 6.42 Å². The Labute approximate surface area is 127 Å². The quantitative estimate of drug-likeness (QED) is 0.906. The van der Waals surface area contributed by atoms with Gasteiger partial charge in [-0.1, -0.05) is 37.1 Å². The van der Waals surface area contributed by atoms with Crippen LogP contribution >= 0.6 is 11.6 Å². The first-order valence-electron chi connectivity index (χ1n) is 7.55. The summed E-state index contributed by atoms with van der Waals surface area (Å²) in [6.07, 6.45) is 2.34. The molecule has 0 spiro atoms. The second-order valence-corrected chi connectivity index (χ2v) is 6.28. The second-order valence-electron chi connectivity index (χ2n) is 5.88. The maximum Gasteiger partial charge on any atom is 0.0639 e. The number of hydrogen-bond donors (Lipinski definition) is 1. The lowest BCUT2D eigenvalue weighted by molar-refractivity contribution is 0.0935. The minimum atomic E-state index is 0.140. The van der Waals surface area contributed by atoms with Gasteiger partial charge in [-0.05, 0) is 25.5 Å². The van der Waals surface area contributed by atoms with Crippen LogP contribution in [0.15, 0.2) is 24.3 Å². The molecule has 0 radical (unpaired) electrons. The lowest BCUT2D eigenvalue weighted by Gasteiger charge is -2.46. The molecule has 3 nitrogen and oxygen atoms in total. The highest BCUT2D eigenvalue weighted by Crippen LogP contribution is 2.28.